The number of Topliss-reactive ketones (excluding diaryl/α,β-unsaturated/α-hetero) is 1. The van der Waals surface area contributed by atoms with Crippen LogP contribution >= 0.6 is 0 Å². The van der Waals surface area contributed by atoms with Crippen molar-refractivity contribution < 1.29 is 9.53 Å². The summed E-state index contributed by atoms with van der Waals surface area (Å²) in [6, 6.07) is 5.74. The zero-order valence-corrected chi connectivity index (χ0v) is 12.8. The normalized spacial score (nSPS) is 10.3. The molecular weight excluding hydrogens is 248 g/mol. The Labute approximate surface area is 122 Å². The predicted octanol–water partition coefficient (Wildman–Crippen LogP) is 4.97. The maximum atomic E-state index is 11.7. The number of carbonyl (C=O) groups is 1. The number of rotatable bonds is 10. The summed E-state index contributed by atoms with van der Waals surface area (Å²) in [5.41, 5.74) is 1.72. The molecule has 2 heteroatoms. The third-order valence-corrected chi connectivity index (χ3v) is 3.33. The average molecular weight is 274 g/mol. The van der Waals surface area contributed by atoms with Gasteiger partial charge in [-0.3, -0.25) is 4.79 Å². The number of allylic oxidation sites excluding steroid dienone is 1. The number of unbranched alkanes of at least 4 members (excludes halogenated alkanes) is 4. The van der Waals surface area contributed by atoms with E-state index in [9.17, 15) is 4.79 Å². The molecule has 0 saturated carbocycles. The van der Waals surface area contributed by atoms with E-state index >= 15 is 0 Å². The van der Waals surface area contributed by atoms with E-state index in [0.29, 0.717) is 12.2 Å². The molecule has 0 unspecified atom stereocenters. The van der Waals surface area contributed by atoms with Gasteiger partial charge in [-0.1, -0.05) is 50.8 Å². The van der Waals surface area contributed by atoms with E-state index in [1.54, 1.807) is 6.92 Å². The molecule has 20 heavy (non-hydrogen) atoms. The van der Waals surface area contributed by atoms with Crippen LogP contribution in [0.25, 0.3) is 0 Å². The molecule has 1 aromatic carbocycles. The predicted molar refractivity (Wildman–Crippen MR) is 84.6 cm³/mol. The van der Waals surface area contributed by atoms with Crippen molar-refractivity contribution in [1.82, 2.24) is 0 Å². The third kappa shape index (κ3) is 5.20. The molecule has 0 bridgehead atoms. The van der Waals surface area contributed by atoms with E-state index in [-0.39, 0.29) is 5.78 Å². The standard InChI is InChI=1S/C18H26O2/c1-4-6-7-8-9-14-20-18-16(11-5-2)12-10-13-17(18)15(3)19/h5,10,12-13H,2,4,6-9,11,14H2,1,3H3. The Balaban J connectivity index is 2.65. The van der Waals surface area contributed by atoms with Crippen molar-refractivity contribution in [2.24, 2.45) is 0 Å². The monoisotopic (exact) mass is 274 g/mol. The highest BCUT2D eigenvalue weighted by Gasteiger charge is 2.12. The molecule has 0 aliphatic rings. The van der Waals surface area contributed by atoms with Gasteiger partial charge in [0, 0.05) is 0 Å². The summed E-state index contributed by atoms with van der Waals surface area (Å²) in [4.78, 5) is 11.7. The summed E-state index contributed by atoms with van der Waals surface area (Å²) >= 11 is 0. The molecule has 0 heterocycles. The topological polar surface area (TPSA) is 26.3 Å². The molecular formula is C18H26O2. The first-order valence-corrected chi connectivity index (χ1v) is 7.57. The Morgan fingerprint density at radius 2 is 2.00 bits per heavy atom. The second-order valence-corrected chi connectivity index (χ2v) is 5.11. The van der Waals surface area contributed by atoms with Gasteiger partial charge in [0.15, 0.2) is 5.78 Å². The summed E-state index contributed by atoms with van der Waals surface area (Å²) in [5, 5.41) is 0. The molecule has 0 saturated heterocycles. The van der Waals surface area contributed by atoms with Crippen LogP contribution in [0.2, 0.25) is 0 Å². The fraction of sp³-hybridized carbons (Fsp3) is 0.500. The van der Waals surface area contributed by atoms with Crippen molar-refractivity contribution in [3.8, 4) is 5.75 Å². The van der Waals surface area contributed by atoms with Gasteiger partial charge in [0.25, 0.3) is 0 Å². The lowest BCUT2D eigenvalue weighted by Gasteiger charge is -2.14. The molecule has 0 aliphatic carbocycles. The van der Waals surface area contributed by atoms with Crippen LogP contribution in [0, 0.1) is 0 Å². The molecule has 2 nitrogen and oxygen atoms in total. The molecule has 1 aromatic rings. The van der Waals surface area contributed by atoms with Crippen LogP contribution in [0.1, 0.15) is 61.9 Å². The Hall–Kier alpha value is -1.57. The SMILES string of the molecule is C=CCc1cccc(C(C)=O)c1OCCCCCCC. The first-order chi connectivity index (χ1) is 9.70. The smallest absolute Gasteiger partial charge is 0.163 e. The van der Waals surface area contributed by atoms with Gasteiger partial charge < -0.3 is 4.74 Å². The Morgan fingerprint density at radius 3 is 2.65 bits per heavy atom. The minimum Gasteiger partial charge on any atom is -0.493 e. The van der Waals surface area contributed by atoms with Crippen LogP contribution in [0.3, 0.4) is 0 Å². The zero-order valence-electron chi connectivity index (χ0n) is 12.8. The molecule has 0 radical (unpaired) electrons. The fourth-order valence-electron chi connectivity index (χ4n) is 2.23. The highest BCUT2D eigenvalue weighted by Crippen LogP contribution is 2.26. The molecule has 0 atom stereocenters. The van der Waals surface area contributed by atoms with Crippen molar-refractivity contribution >= 4 is 5.78 Å². The first-order valence-electron chi connectivity index (χ1n) is 7.57. The summed E-state index contributed by atoms with van der Waals surface area (Å²) in [7, 11) is 0. The Kier molecular flexibility index (Phi) is 7.71. The van der Waals surface area contributed by atoms with Gasteiger partial charge in [-0.15, -0.1) is 6.58 Å². The van der Waals surface area contributed by atoms with E-state index in [4.69, 9.17) is 4.74 Å². The first kappa shape index (κ1) is 16.5. The highest BCUT2D eigenvalue weighted by molar-refractivity contribution is 5.97. The lowest BCUT2D eigenvalue weighted by Crippen LogP contribution is -2.06. The minimum atomic E-state index is 0.0527. The van der Waals surface area contributed by atoms with Gasteiger partial charge in [0.05, 0.1) is 12.2 Å². The highest BCUT2D eigenvalue weighted by atomic mass is 16.5. The maximum Gasteiger partial charge on any atom is 0.163 e. The molecule has 0 spiro atoms. The lowest BCUT2D eigenvalue weighted by atomic mass is 10.0. The largest absolute Gasteiger partial charge is 0.493 e. The summed E-state index contributed by atoms with van der Waals surface area (Å²) in [5.74, 6) is 0.798. The van der Waals surface area contributed by atoms with Crippen LogP contribution in [-0.2, 0) is 6.42 Å². The van der Waals surface area contributed by atoms with Gasteiger partial charge in [-0.05, 0) is 31.4 Å². The number of hydrogen-bond donors (Lipinski definition) is 0. The fourth-order valence-corrected chi connectivity index (χ4v) is 2.23. The van der Waals surface area contributed by atoms with Gasteiger partial charge in [0.2, 0.25) is 0 Å². The molecule has 1 rings (SSSR count). The van der Waals surface area contributed by atoms with Gasteiger partial charge in [-0.2, -0.15) is 0 Å². The molecule has 0 amide bonds. The number of benzene rings is 1. The number of ether oxygens (including phenoxy) is 1. The molecule has 0 aliphatic heterocycles. The number of hydrogen-bond acceptors (Lipinski definition) is 2. The Morgan fingerprint density at radius 1 is 1.25 bits per heavy atom. The van der Waals surface area contributed by atoms with Crippen molar-refractivity contribution in [2.75, 3.05) is 6.61 Å². The van der Waals surface area contributed by atoms with Crippen molar-refractivity contribution in [2.45, 2.75) is 52.4 Å². The van der Waals surface area contributed by atoms with Crippen LogP contribution in [0.15, 0.2) is 30.9 Å². The number of ketones is 1. The van der Waals surface area contributed by atoms with E-state index in [1.807, 2.05) is 24.3 Å². The summed E-state index contributed by atoms with van der Waals surface area (Å²) in [6.45, 7) is 8.23. The lowest BCUT2D eigenvalue weighted by molar-refractivity contribution is 0.101. The van der Waals surface area contributed by atoms with Crippen LogP contribution in [0.5, 0.6) is 5.75 Å². The zero-order chi connectivity index (χ0) is 14.8. The van der Waals surface area contributed by atoms with Crippen LogP contribution in [-0.4, -0.2) is 12.4 Å². The molecule has 0 N–H and O–H groups in total. The van der Waals surface area contributed by atoms with Gasteiger partial charge in [0.1, 0.15) is 5.75 Å². The van der Waals surface area contributed by atoms with Crippen molar-refractivity contribution in [1.29, 1.82) is 0 Å². The maximum absolute atomic E-state index is 11.7. The summed E-state index contributed by atoms with van der Waals surface area (Å²) < 4.78 is 5.89. The van der Waals surface area contributed by atoms with Crippen molar-refractivity contribution in [3.63, 3.8) is 0 Å². The second-order valence-electron chi connectivity index (χ2n) is 5.11. The van der Waals surface area contributed by atoms with Crippen LogP contribution in [0.4, 0.5) is 0 Å². The van der Waals surface area contributed by atoms with Gasteiger partial charge >= 0.3 is 0 Å². The van der Waals surface area contributed by atoms with Crippen LogP contribution < -0.4 is 4.74 Å². The van der Waals surface area contributed by atoms with E-state index in [2.05, 4.69) is 13.5 Å². The quantitative estimate of drug-likeness (QED) is 0.342. The number of carbonyl (C=O) groups excluding carboxylic acids is 1. The molecule has 110 valence electrons. The van der Waals surface area contributed by atoms with E-state index in [0.717, 1.165) is 24.2 Å². The summed E-state index contributed by atoms with van der Waals surface area (Å²) in [6.07, 6.45) is 8.59. The van der Waals surface area contributed by atoms with E-state index in [1.165, 1.54) is 25.7 Å². The van der Waals surface area contributed by atoms with Gasteiger partial charge in [-0.25, -0.2) is 0 Å². The number of para-hydroxylation sites is 1. The molecule has 0 aromatic heterocycles. The average Bonchev–Trinajstić information content (AvgIpc) is 2.44. The second kappa shape index (κ2) is 9.35. The minimum absolute atomic E-state index is 0.0527. The van der Waals surface area contributed by atoms with E-state index < -0.39 is 0 Å². The Bertz CT molecular complexity index is 435. The van der Waals surface area contributed by atoms with Crippen molar-refractivity contribution in [3.05, 3.63) is 42.0 Å². The third-order valence-electron chi connectivity index (χ3n) is 3.33. The molecule has 0 fully saturated rings.